The molecule has 0 aromatic heterocycles. The molecule has 1 saturated heterocycles. The van der Waals surface area contributed by atoms with Gasteiger partial charge in [0.2, 0.25) is 11.8 Å². The van der Waals surface area contributed by atoms with Gasteiger partial charge in [0.1, 0.15) is 5.25 Å². The van der Waals surface area contributed by atoms with Gasteiger partial charge in [0, 0.05) is 18.7 Å². The minimum Gasteiger partial charge on any atom is -0.326 e. The van der Waals surface area contributed by atoms with Gasteiger partial charge in [0.15, 0.2) is 5.17 Å². The zero-order valence-corrected chi connectivity index (χ0v) is 19.1. The third-order valence-electron chi connectivity index (χ3n) is 5.30. The molecule has 6 heteroatoms. The second kappa shape index (κ2) is 9.47. The highest BCUT2D eigenvalue weighted by atomic mass is 32.2. The number of aliphatic imine (C=N–C) groups is 1. The molecule has 2 aromatic carbocycles. The van der Waals surface area contributed by atoms with Gasteiger partial charge in [-0.1, -0.05) is 43.0 Å². The van der Waals surface area contributed by atoms with Crippen LogP contribution >= 0.6 is 11.8 Å². The molecule has 1 N–H and O–H groups in total. The summed E-state index contributed by atoms with van der Waals surface area (Å²) in [5, 5.41) is 3.21. The van der Waals surface area contributed by atoms with Crippen LogP contribution in [-0.2, 0) is 9.59 Å². The number of benzene rings is 2. The molecule has 0 unspecified atom stereocenters. The summed E-state index contributed by atoms with van der Waals surface area (Å²) in [6.45, 7) is 10.7. The number of anilines is 1. The standard InChI is InChI=1S/C24H29N3O2S/c1-6-12-27-23(29)20(14-21(28)26-22-16(3)8-7-9-17(22)4)30-24(27)25-19-11-10-15(2)18(5)13-19/h7-11,13,20H,6,12,14H2,1-5H3,(H,26,28)/t20-/m0/s1. The number of carbonyl (C=O) groups excluding carboxylic acids is 2. The number of nitrogens with zero attached hydrogens (tertiary/aromatic N) is 2. The number of amides is 2. The number of nitrogens with one attached hydrogen (secondary N) is 1. The Morgan fingerprint density at radius 1 is 1.07 bits per heavy atom. The fourth-order valence-corrected chi connectivity index (χ4v) is 4.61. The molecule has 0 aliphatic carbocycles. The Morgan fingerprint density at radius 2 is 1.77 bits per heavy atom. The minimum atomic E-state index is -0.453. The molecule has 1 heterocycles. The van der Waals surface area contributed by atoms with Crippen LogP contribution in [0.4, 0.5) is 11.4 Å². The molecule has 1 aliphatic rings. The number of amidine groups is 1. The lowest BCUT2D eigenvalue weighted by atomic mass is 10.1. The van der Waals surface area contributed by atoms with E-state index in [0.29, 0.717) is 11.7 Å². The maximum atomic E-state index is 13.0. The van der Waals surface area contributed by atoms with Gasteiger partial charge in [-0.3, -0.25) is 14.5 Å². The van der Waals surface area contributed by atoms with Crippen LogP contribution in [0.2, 0.25) is 0 Å². The average molecular weight is 424 g/mol. The molecule has 1 fully saturated rings. The van der Waals surface area contributed by atoms with E-state index in [-0.39, 0.29) is 18.2 Å². The number of thioether (sulfide) groups is 1. The third kappa shape index (κ3) is 4.93. The highest BCUT2D eigenvalue weighted by Gasteiger charge is 2.38. The number of hydrogen-bond donors (Lipinski definition) is 1. The smallest absolute Gasteiger partial charge is 0.242 e. The van der Waals surface area contributed by atoms with Gasteiger partial charge >= 0.3 is 0 Å². The molecule has 0 saturated carbocycles. The molecule has 1 atom stereocenters. The Hall–Kier alpha value is -2.60. The summed E-state index contributed by atoms with van der Waals surface area (Å²) in [6, 6.07) is 11.9. The zero-order valence-electron chi connectivity index (χ0n) is 18.3. The van der Waals surface area contributed by atoms with Crippen molar-refractivity contribution in [1.29, 1.82) is 0 Å². The Balaban J connectivity index is 1.77. The van der Waals surface area contributed by atoms with E-state index in [1.54, 1.807) is 4.90 Å². The molecular weight excluding hydrogens is 394 g/mol. The number of hydrogen-bond acceptors (Lipinski definition) is 4. The lowest BCUT2D eigenvalue weighted by molar-refractivity contribution is -0.128. The molecule has 158 valence electrons. The SMILES string of the molecule is CCCN1C(=O)[C@H](CC(=O)Nc2c(C)cccc2C)SC1=Nc1ccc(C)c(C)c1. The third-order valence-corrected chi connectivity index (χ3v) is 6.47. The summed E-state index contributed by atoms with van der Waals surface area (Å²) in [5.41, 5.74) is 6.05. The predicted molar refractivity (Wildman–Crippen MR) is 126 cm³/mol. The second-order valence-electron chi connectivity index (χ2n) is 7.78. The second-order valence-corrected chi connectivity index (χ2v) is 8.95. The van der Waals surface area contributed by atoms with Crippen LogP contribution in [0.25, 0.3) is 0 Å². The molecule has 2 aromatic rings. The largest absolute Gasteiger partial charge is 0.326 e. The van der Waals surface area contributed by atoms with Gasteiger partial charge in [-0.25, -0.2) is 4.99 Å². The first kappa shape index (κ1) is 22.1. The molecule has 5 nitrogen and oxygen atoms in total. The number of rotatable bonds is 6. The maximum absolute atomic E-state index is 13.0. The molecule has 1 aliphatic heterocycles. The number of aryl methyl sites for hydroxylation is 4. The quantitative estimate of drug-likeness (QED) is 0.687. The Labute approximate surface area is 183 Å². The van der Waals surface area contributed by atoms with Crippen LogP contribution in [0.5, 0.6) is 0 Å². The van der Waals surface area contributed by atoms with Crippen molar-refractivity contribution in [3.05, 3.63) is 58.7 Å². The molecule has 2 amide bonds. The van der Waals surface area contributed by atoms with Gasteiger partial charge in [-0.05, 0) is 68.5 Å². The topological polar surface area (TPSA) is 61.8 Å². The normalized spacial score (nSPS) is 17.6. The summed E-state index contributed by atoms with van der Waals surface area (Å²) in [5.74, 6) is -0.191. The highest BCUT2D eigenvalue weighted by molar-refractivity contribution is 8.15. The maximum Gasteiger partial charge on any atom is 0.242 e. The first-order chi connectivity index (χ1) is 14.3. The van der Waals surface area contributed by atoms with Crippen LogP contribution in [0.15, 0.2) is 41.4 Å². The monoisotopic (exact) mass is 423 g/mol. The van der Waals surface area contributed by atoms with E-state index < -0.39 is 5.25 Å². The van der Waals surface area contributed by atoms with Crippen molar-refractivity contribution in [3.8, 4) is 0 Å². The Kier molecular flexibility index (Phi) is 6.98. The Bertz CT molecular complexity index is 980. The van der Waals surface area contributed by atoms with Gasteiger partial charge in [0.05, 0.1) is 5.69 Å². The van der Waals surface area contributed by atoms with E-state index in [1.807, 2.05) is 57.2 Å². The molecular formula is C24H29N3O2S. The minimum absolute atomic E-state index is 0.0407. The summed E-state index contributed by atoms with van der Waals surface area (Å²) < 4.78 is 0. The summed E-state index contributed by atoms with van der Waals surface area (Å²) in [4.78, 5) is 32.1. The van der Waals surface area contributed by atoms with E-state index in [2.05, 4.69) is 19.2 Å². The molecule has 0 bridgehead atoms. The van der Waals surface area contributed by atoms with E-state index in [9.17, 15) is 9.59 Å². The van der Waals surface area contributed by atoms with Crippen molar-refractivity contribution in [3.63, 3.8) is 0 Å². The van der Waals surface area contributed by atoms with E-state index in [0.717, 1.165) is 34.5 Å². The van der Waals surface area contributed by atoms with Crippen molar-refractivity contribution in [2.75, 3.05) is 11.9 Å². The van der Waals surface area contributed by atoms with E-state index >= 15 is 0 Å². The number of para-hydroxylation sites is 1. The van der Waals surface area contributed by atoms with Crippen molar-refractivity contribution in [1.82, 2.24) is 4.90 Å². The van der Waals surface area contributed by atoms with E-state index in [1.165, 1.54) is 17.3 Å². The average Bonchev–Trinajstić information content (AvgIpc) is 2.97. The molecule has 3 rings (SSSR count). The summed E-state index contributed by atoms with van der Waals surface area (Å²) in [6.07, 6.45) is 0.961. The number of carbonyl (C=O) groups is 2. The highest BCUT2D eigenvalue weighted by Crippen LogP contribution is 2.32. The Morgan fingerprint density at radius 3 is 2.40 bits per heavy atom. The van der Waals surface area contributed by atoms with Crippen molar-refractivity contribution < 1.29 is 9.59 Å². The van der Waals surface area contributed by atoms with E-state index in [4.69, 9.17) is 4.99 Å². The van der Waals surface area contributed by atoms with Crippen molar-refractivity contribution in [2.45, 2.75) is 52.7 Å². The van der Waals surface area contributed by atoms with Gasteiger partial charge < -0.3 is 5.32 Å². The zero-order chi connectivity index (χ0) is 21.8. The van der Waals surface area contributed by atoms with Crippen LogP contribution in [0.3, 0.4) is 0 Å². The molecule has 30 heavy (non-hydrogen) atoms. The fraction of sp³-hybridized carbons (Fsp3) is 0.375. The molecule has 0 spiro atoms. The molecule has 0 radical (unpaired) electrons. The van der Waals surface area contributed by atoms with Gasteiger partial charge in [0.25, 0.3) is 0 Å². The van der Waals surface area contributed by atoms with Gasteiger partial charge in [-0.15, -0.1) is 0 Å². The van der Waals surface area contributed by atoms with Crippen LogP contribution in [-0.4, -0.2) is 33.7 Å². The first-order valence-electron chi connectivity index (χ1n) is 10.3. The summed E-state index contributed by atoms with van der Waals surface area (Å²) >= 11 is 1.38. The fourth-order valence-electron chi connectivity index (χ4n) is 3.43. The lowest BCUT2D eigenvalue weighted by Crippen LogP contribution is -2.34. The van der Waals surface area contributed by atoms with Crippen LogP contribution in [0, 0.1) is 27.7 Å². The van der Waals surface area contributed by atoms with Gasteiger partial charge in [-0.2, -0.15) is 0 Å². The lowest BCUT2D eigenvalue weighted by Gasteiger charge is -2.15. The predicted octanol–water partition coefficient (Wildman–Crippen LogP) is 5.29. The first-order valence-corrected chi connectivity index (χ1v) is 11.2. The van der Waals surface area contributed by atoms with Crippen molar-refractivity contribution >= 4 is 40.1 Å². The van der Waals surface area contributed by atoms with Crippen LogP contribution < -0.4 is 5.32 Å². The van der Waals surface area contributed by atoms with Crippen molar-refractivity contribution in [2.24, 2.45) is 4.99 Å². The summed E-state index contributed by atoms with van der Waals surface area (Å²) in [7, 11) is 0. The van der Waals surface area contributed by atoms with Crippen LogP contribution in [0.1, 0.15) is 42.0 Å².